The Balaban J connectivity index is 2.42. The fourth-order valence-corrected chi connectivity index (χ4v) is 5.05. The lowest BCUT2D eigenvalue weighted by molar-refractivity contribution is -0.159. The number of amides is 4. The maximum atomic E-state index is 12.8. The van der Waals surface area contributed by atoms with Crippen LogP contribution in [0.15, 0.2) is 24.3 Å². The molecule has 0 spiro atoms. The van der Waals surface area contributed by atoms with Crippen LogP contribution in [0.1, 0.15) is 118 Å². The zero-order chi connectivity index (χ0) is 37.7. The lowest BCUT2D eigenvalue weighted by atomic mass is 10.1. The van der Waals surface area contributed by atoms with Gasteiger partial charge in [-0.05, 0) is 140 Å². The van der Waals surface area contributed by atoms with Crippen LogP contribution in [0.5, 0.6) is 0 Å². The van der Waals surface area contributed by atoms with Gasteiger partial charge in [0.2, 0.25) is 17.7 Å². The SMILES string of the molecule is CC(C)(C)OC(=O)NCCCC[C@H](NC(=O)CCCC(=O)N[C@@H](CCCCNC(=O)CCCc1ccc(I)cc1)C(=O)OC(C)(C)C)C(=O)O. The summed E-state index contributed by atoms with van der Waals surface area (Å²) in [4.78, 5) is 73.6. The normalized spacial score (nSPS) is 12.6. The van der Waals surface area contributed by atoms with Crippen LogP contribution in [-0.2, 0) is 39.9 Å². The number of alkyl carbamates (subject to hydrolysis) is 1. The highest BCUT2D eigenvalue weighted by molar-refractivity contribution is 14.1. The number of hydrogen-bond donors (Lipinski definition) is 5. The molecule has 14 heteroatoms. The summed E-state index contributed by atoms with van der Waals surface area (Å²) >= 11 is 2.26. The van der Waals surface area contributed by atoms with Crippen molar-refractivity contribution in [1.29, 1.82) is 0 Å². The average molecular weight is 817 g/mol. The number of esters is 1. The first kappa shape index (κ1) is 44.6. The van der Waals surface area contributed by atoms with Crippen LogP contribution in [-0.4, -0.2) is 77.2 Å². The number of carboxylic acids is 1. The maximum absolute atomic E-state index is 12.8. The fourth-order valence-electron chi connectivity index (χ4n) is 4.69. The van der Waals surface area contributed by atoms with E-state index < -0.39 is 53.1 Å². The fraction of sp³-hybridized carbons (Fsp3) is 0.667. The molecule has 4 amide bonds. The van der Waals surface area contributed by atoms with E-state index in [1.54, 1.807) is 41.5 Å². The molecule has 0 saturated carbocycles. The van der Waals surface area contributed by atoms with Crippen molar-refractivity contribution >= 4 is 58.3 Å². The van der Waals surface area contributed by atoms with Crippen molar-refractivity contribution in [2.75, 3.05) is 13.1 Å². The van der Waals surface area contributed by atoms with Gasteiger partial charge in [0.1, 0.15) is 23.3 Å². The van der Waals surface area contributed by atoms with Crippen LogP contribution in [0.4, 0.5) is 4.79 Å². The van der Waals surface area contributed by atoms with E-state index in [0.29, 0.717) is 51.6 Å². The molecular formula is C36H57IN4O9. The standard InChI is InChI=1S/C36H57IN4O9/c1-35(2,3)49-33(47)28(15-8-9-23-38-29(42)16-11-13-25-19-21-26(37)22-20-25)41-31(44)18-12-17-30(43)40-27(32(45)46)14-7-10-24-39-34(48)50-36(4,5)6/h19-22,27-28H,7-18,23-24H2,1-6H3,(H,38,42)(H,39,48)(H,40,43)(H,41,44)(H,45,46)/t27-,28-/m0/s1. The minimum atomic E-state index is -1.17. The highest BCUT2D eigenvalue weighted by atomic mass is 127. The molecule has 0 aromatic heterocycles. The van der Waals surface area contributed by atoms with Gasteiger partial charge in [0.15, 0.2) is 0 Å². The van der Waals surface area contributed by atoms with Gasteiger partial charge in [0.05, 0.1) is 0 Å². The van der Waals surface area contributed by atoms with Gasteiger partial charge in [-0.2, -0.15) is 0 Å². The molecule has 13 nitrogen and oxygen atoms in total. The molecule has 0 aliphatic carbocycles. The van der Waals surface area contributed by atoms with Gasteiger partial charge >= 0.3 is 18.0 Å². The summed E-state index contributed by atoms with van der Waals surface area (Å²) in [6.45, 7) is 11.2. The number of nitrogens with one attached hydrogen (secondary N) is 4. The molecular weight excluding hydrogens is 759 g/mol. The quantitative estimate of drug-likeness (QED) is 0.0598. The first-order chi connectivity index (χ1) is 23.3. The minimum absolute atomic E-state index is 0.0289. The largest absolute Gasteiger partial charge is 0.480 e. The lowest BCUT2D eigenvalue weighted by Gasteiger charge is -2.24. The molecule has 0 saturated heterocycles. The van der Waals surface area contributed by atoms with Crippen LogP contribution in [0.3, 0.4) is 0 Å². The van der Waals surface area contributed by atoms with E-state index in [2.05, 4.69) is 56.0 Å². The molecule has 2 atom stereocenters. The summed E-state index contributed by atoms with van der Waals surface area (Å²) in [5.74, 6) is -2.69. The summed E-state index contributed by atoms with van der Waals surface area (Å²) in [6.07, 6.45) is 4.10. The second-order valence-corrected chi connectivity index (χ2v) is 15.5. The van der Waals surface area contributed by atoms with Gasteiger partial charge in [0, 0.05) is 35.9 Å². The molecule has 0 fully saturated rings. The highest BCUT2D eigenvalue weighted by Crippen LogP contribution is 2.13. The van der Waals surface area contributed by atoms with Crippen molar-refractivity contribution in [2.24, 2.45) is 0 Å². The van der Waals surface area contributed by atoms with E-state index in [4.69, 9.17) is 9.47 Å². The lowest BCUT2D eigenvalue weighted by Crippen LogP contribution is -2.44. The van der Waals surface area contributed by atoms with Gasteiger partial charge in [-0.15, -0.1) is 0 Å². The molecule has 282 valence electrons. The summed E-state index contributed by atoms with van der Waals surface area (Å²) in [6, 6.07) is 6.23. The van der Waals surface area contributed by atoms with Crippen LogP contribution in [0.2, 0.25) is 0 Å². The predicted molar refractivity (Wildman–Crippen MR) is 198 cm³/mol. The number of rotatable bonds is 22. The number of aliphatic carboxylic acids is 1. The third-order valence-electron chi connectivity index (χ3n) is 7.08. The molecule has 1 aromatic rings. The summed E-state index contributed by atoms with van der Waals surface area (Å²) in [5, 5.41) is 20.2. The van der Waals surface area contributed by atoms with E-state index in [-0.39, 0.29) is 31.6 Å². The Morgan fingerprint density at radius 3 is 1.70 bits per heavy atom. The van der Waals surface area contributed by atoms with Crippen molar-refractivity contribution in [2.45, 2.75) is 142 Å². The second-order valence-electron chi connectivity index (χ2n) is 14.2. The first-order valence-corrected chi connectivity index (χ1v) is 18.4. The molecule has 0 heterocycles. The number of hydrogen-bond acceptors (Lipinski definition) is 8. The Hall–Kier alpha value is -3.43. The van der Waals surface area contributed by atoms with Crippen LogP contribution in [0, 0.1) is 3.57 Å². The zero-order valence-electron chi connectivity index (χ0n) is 30.5. The molecule has 0 unspecified atom stereocenters. The summed E-state index contributed by atoms with van der Waals surface area (Å²) < 4.78 is 11.8. The molecule has 1 rings (SSSR count). The number of benzene rings is 1. The molecule has 0 aliphatic heterocycles. The van der Waals surface area contributed by atoms with Crippen molar-refractivity contribution in [3.05, 3.63) is 33.4 Å². The monoisotopic (exact) mass is 816 g/mol. The molecule has 1 aromatic carbocycles. The second kappa shape index (κ2) is 23.1. The molecule has 0 aliphatic rings. The Morgan fingerprint density at radius 1 is 0.660 bits per heavy atom. The Labute approximate surface area is 310 Å². The van der Waals surface area contributed by atoms with E-state index in [0.717, 1.165) is 12.8 Å². The van der Waals surface area contributed by atoms with Crippen LogP contribution < -0.4 is 21.3 Å². The van der Waals surface area contributed by atoms with Crippen molar-refractivity contribution in [3.63, 3.8) is 0 Å². The third-order valence-corrected chi connectivity index (χ3v) is 7.80. The number of carbonyl (C=O) groups is 6. The van der Waals surface area contributed by atoms with Crippen LogP contribution >= 0.6 is 22.6 Å². The molecule has 50 heavy (non-hydrogen) atoms. The number of carboxylic acid groups (broad SMARTS) is 1. The zero-order valence-corrected chi connectivity index (χ0v) is 32.6. The Kier molecular flexibility index (Phi) is 20.6. The Morgan fingerprint density at radius 2 is 1.16 bits per heavy atom. The summed E-state index contributed by atoms with van der Waals surface area (Å²) in [7, 11) is 0. The number of ether oxygens (including phenoxy) is 2. The van der Waals surface area contributed by atoms with Crippen molar-refractivity contribution < 1.29 is 43.3 Å². The van der Waals surface area contributed by atoms with Crippen LogP contribution in [0.25, 0.3) is 0 Å². The molecule has 0 bridgehead atoms. The number of aryl methyl sites for hydroxylation is 1. The van der Waals surface area contributed by atoms with E-state index in [1.807, 2.05) is 12.1 Å². The number of halogens is 1. The maximum Gasteiger partial charge on any atom is 0.407 e. The number of unbranched alkanes of at least 4 members (excludes halogenated alkanes) is 2. The minimum Gasteiger partial charge on any atom is -0.480 e. The van der Waals surface area contributed by atoms with E-state index in [1.165, 1.54) is 9.13 Å². The topological polar surface area (TPSA) is 189 Å². The van der Waals surface area contributed by atoms with Gasteiger partial charge in [-0.25, -0.2) is 14.4 Å². The van der Waals surface area contributed by atoms with Gasteiger partial charge in [-0.1, -0.05) is 12.1 Å². The molecule has 0 radical (unpaired) electrons. The average Bonchev–Trinajstić information content (AvgIpc) is 2.98. The molecule has 5 N–H and O–H groups in total. The first-order valence-electron chi connectivity index (χ1n) is 17.4. The highest BCUT2D eigenvalue weighted by Gasteiger charge is 2.27. The number of carbonyl (C=O) groups excluding carboxylic acids is 5. The van der Waals surface area contributed by atoms with Gasteiger partial charge in [0.25, 0.3) is 0 Å². The van der Waals surface area contributed by atoms with Gasteiger partial charge < -0.3 is 35.8 Å². The van der Waals surface area contributed by atoms with E-state index >= 15 is 0 Å². The van der Waals surface area contributed by atoms with E-state index in [9.17, 15) is 33.9 Å². The van der Waals surface area contributed by atoms with Crippen molar-refractivity contribution in [1.82, 2.24) is 21.3 Å². The van der Waals surface area contributed by atoms with Crippen molar-refractivity contribution in [3.8, 4) is 0 Å². The predicted octanol–water partition coefficient (Wildman–Crippen LogP) is 5.16. The van der Waals surface area contributed by atoms with Gasteiger partial charge in [-0.3, -0.25) is 14.4 Å². The summed E-state index contributed by atoms with van der Waals surface area (Å²) in [5.41, 5.74) is -0.176. The Bertz CT molecular complexity index is 1240. The smallest absolute Gasteiger partial charge is 0.407 e. The third kappa shape index (κ3) is 23.1.